The molecule has 0 atom stereocenters. The van der Waals surface area contributed by atoms with Crippen molar-refractivity contribution in [2.45, 2.75) is 6.18 Å². The second-order valence-electron chi connectivity index (χ2n) is 17.9. The molecule has 342 valence electrons. The number of nitrogens with zero attached hydrogens (tertiary/aromatic N) is 5. The summed E-state index contributed by atoms with van der Waals surface area (Å²) >= 11 is 0. The maximum absolute atomic E-state index is 18.4. The normalized spacial score (nSPS) is 13.7. The molecule has 0 fully saturated rings. The fraction of sp³-hybridized carbons (Fsp3) is 0.0156. The highest BCUT2D eigenvalue weighted by atomic mass is 19.4. The number of halogens is 3. The van der Waals surface area contributed by atoms with Crippen molar-refractivity contribution in [2.75, 3.05) is 19.6 Å². The molecule has 0 N–H and O–H groups in total. The number of alkyl halides is 3. The average molecular weight is 936 g/mol. The van der Waals surface area contributed by atoms with Gasteiger partial charge in [0.1, 0.15) is 17.2 Å². The zero-order valence-corrected chi connectivity index (χ0v) is 38.5. The molecule has 0 aromatic heterocycles. The Morgan fingerprint density at radius 1 is 0.278 bits per heavy atom. The predicted octanol–water partition coefficient (Wildman–Crippen LogP) is 18.4. The topological polar surface area (TPSA) is 36.8 Å². The SMILES string of the molecule is N#Cc1c(N2c3ccccc3C=Cc3ccccc32)c(N2c3ccccc3C=Cc3ccccc32)c(C(F)(F)F)c(N2c3ccccc3C=Cc3ccccc32)c1N1c2ccccc2C=Cc2ccccc21. The molecule has 0 aliphatic carbocycles. The minimum Gasteiger partial charge on any atom is -0.307 e. The molecule has 13 rings (SSSR count). The van der Waals surface area contributed by atoms with Crippen LogP contribution in [-0.2, 0) is 6.18 Å². The molecule has 0 saturated carbocycles. The van der Waals surface area contributed by atoms with Gasteiger partial charge in [-0.2, -0.15) is 18.4 Å². The van der Waals surface area contributed by atoms with Crippen LogP contribution in [-0.4, -0.2) is 0 Å². The van der Waals surface area contributed by atoms with Crippen LogP contribution >= 0.6 is 0 Å². The third-order valence-electron chi connectivity index (χ3n) is 13.9. The zero-order valence-electron chi connectivity index (χ0n) is 38.5. The first-order chi connectivity index (χ1) is 35.4. The van der Waals surface area contributed by atoms with E-state index in [1.54, 1.807) is 9.80 Å². The first-order valence-corrected chi connectivity index (χ1v) is 23.7. The summed E-state index contributed by atoms with van der Waals surface area (Å²) in [6, 6.07) is 63.6. The molecule has 0 bridgehead atoms. The van der Waals surface area contributed by atoms with Gasteiger partial charge in [0.2, 0.25) is 0 Å². The van der Waals surface area contributed by atoms with E-state index in [9.17, 15) is 5.26 Å². The van der Waals surface area contributed by atoms with E-state index in [1.165, 1.54) is 0 Å². The van der Waals surface area contributed by atoms with Gasteiger partial charge < -0.3 is 19.6 Å². The maximum atomic E-state index is 18.4. The van der Waals surface area contributed by atoms with E-state index in [2.05, 4.69) is 6.07 Å². The quantitative estimate of drug-likeness (QED) is 0.176. The van der Waals surface area contributed by atoms with Gasteiger partial charge in [-0.3, -0.25) is 0 Å². The highest BCUT2D eigenvalue weighted by molar-refractivity contribution is 6.13. The lowest BCUT2D eigenvalue weighted by molar-refractivity contribution is -0.136. The van der Waals surface area contributed by atoms with Crippen molar-refractivity contribution in [1.82, 2.24) is 0 Å². The zero-order chi connectivity index (χ0) is 48.5. The van der Waals surface area contributed by atoms with Gasteiger partial charge in [-0.05, 0) is 93.0 Å². The number of hydrogen-bond acceptors (Lipinski definition) is 5. The number of anilines is 12. The summed E-state index contributed by atoms with van der Waals surface area (Å²) in [6.45, 7) is 0. The molecular weight excluding hydrogens is 896 g/mol. The Morgan fingerprint density at radius 2 is 0.458 bits per heavy atom. The Labute approximate surface area is 415 Å². The molecule has 0 spiro atoms. The second-order valence-corrected chi connectivity index (χ2v) is 17.9. The van der Waals surface area contributed by atoms with Gasteiger partial charge in [-0.25, -0.2) is 0 Å². The van der Waals surface area contributed by atoms with Crippen LogP contribution in [0, 0.1) is 11.3 Å². The molecule has 0 unspecified atom stereocenters. The van der Waals surface area contributed by atoms with Crippen LogP contribution < -0.4 is 19.6 Å². The van der Waals surface area contributed by atoms with Gasteiger partial charge in [-0.15, -0.1) is 0 Å². The third-order valence-corrected chi connectivity index (χ3v) is 13.9. The van der Waals surface area contributed by atoms with Gasteiger partial charge in [0.15, 0.2) is 0 Å². The van der Waals surface area contributed by atoms with Crippen molar-refractivity contribution in [1.29, 1.82) is 5.26 Å². The largest absolute Gasteiger partial charge is 0.420 e. The Bertz CT molecular complexity index is 3440. The first kappa shape index (κ1) is 42.5. The number of benzene rings is 9. The lowest BCUT2D eigenvalue weighted by atomic mass is 9.92. The highest BCUT2D eigenvalue weighted by Gasteiger charge is 2.49. The highest BCUT2D eigenvalue weighted by Crippen LogP contribution is 2.65. The minimum absolute atomic E-state index is 0.0188. The van der Waals surface area contributed by atoms with E-state index in [0.717, 1.165) is 22.3 Å². The van der Waals surface area contributed by atoms with E-state index in [0.29, 0.717) is 67.8 Å². The molecule has 8 heteroatoms. The summed E-state index contributed by atoms with van der Waals surface area (Å²) in [5.41, 5.74) is 9.06. The van der Waals surface area contributed by atoms with E-state index >= 15 is 13.2 Å². The van der Waals surface area contributed by atoms with Crippen LogP contribution in [0.2, 0.25) is 0 Å². The molecule has 0 radical (unpaired) electrons. The number of hydrogen-bond donors (Lipinski definition) is 0. The molecular formula is C64H40F3N5. The van der Waals surface area contributed by atoms with Gasteiger partial charge in [-0.1, -0.05) is 194 Å². The number of fused-ring (bicyclic) bond motifs is 8. The minimum atomic E-state index is -5.11. The smallest absolute Gasteiger partial charge is 0.307 e. The van der Waals surface area contributed by atoms with E-state index < -0.39 is 11.7 Å². The summed E-state index contributed by atoms with van der Waals surface area (Å²) in [7, 11) is 0. The fourth-order valence-corrected chi connectivity index (χ4v) is 10.8. The summed E-state index contributed by atoms with van der Waals surface area (Å²) in [4.78, 5) is 7.29. The number of nitriles is 1. The van der Waals surface area contributed by atoms with Crippen LogP contribution in [0.5, 0.6) is 0 Å². The first-order valence-electron chi connectivity index (χ1n) is 23.7. The Kier molecular flexibility index (Phi) is 9.94. The Morgan fingerprint density at radius 3 is 0.639 bits per heavy atom. The molecule has 4 heterocycles. The van der Waals surface area contributed by atoms with E-state index in [4.69, 9.17) is 0 Å². The van der Waals surface area contributed by atoms with Crippen LogP contribution in [0.1, 0.15) is 55.6 Å². The van der Waals surface area contributed by atoms with Crippen molar-refractivity contribution >= 4 is 117 Å². The van der Waals surface area contributed by atoms with Crippen LogP contribution in [0.4, 0.5) is 81.4 Å². The van der Waals surface area contributed by atoms with Crippen LogP contribution in [0.3, 0.4) is 0 Å². The van der Waals surface area contributed by atoms with Crippen molar-refractivity contribution in [3.8, 4) is 6.07 Å². The van der Waals surface area contributed by atoms with Crippen LogP contribution in [0.15, 0.2) is 194 Å². The maximum Gasteiger partial charge on any atom is 0.420 e. The standard InChI is InChI=1S/C64H40F3N5/c65-64(66,67)59-62(71-55-29-13-5-21-46(55)37-38-47-22-6-14-30-56(47)71)60(69-51-25-9-1-17-42(51)33-34-43-18-2-10-26-52(43)69)50(41-68)61(70-53-27-11-3-19-44(53)35-36-45-20-4-12-28-54(45)70)63(59)72-57-31-15-7-23-48(57)39-40-49-24-8-16-32-58(49)72/h1-40H. The summed E-state index contributed by atoms with van der Waals surface area (Å²) in [5, 5.41) is 12.6. The number of para-hydroxylation sites is 8. The molecule has 0 amide bonds. The lowest BCUT2D eigenvalue weighted by Gasteiger charge is -2.42. The molecule has 9 aromatic carbocycles. The van der Waals surface area contributed by atoms with Crippen molar-refractivity contribution in [3.63, 3.8) is 0 Å². The Balaban J connectivity index is 1.34. The number of rotatable bonds is 4. The van der Waals surface area contributed by atoms with Crippen molar-refractivity contribution < 1.29 is 13.2 Å². The van der Waals surface area contributed by atoms with E-state index in [-0.39, 0.29) is 28.3 Å². The fourth-order valence-electron chi connectivity index (χ4n) is 10.8. The van der Waals surface area contributed by atoms with Crippen molar-refractivity contribution in [3.05, 3.63) is 250 Å². The van der Waals surface area contributed by atoms with E-state index in [1.807, 2.05) is 253 Å². The van der Waals surface area contributed by atoms with Crippen molar-refractivity contribution in [2.24, 2.45) is 0 Å². The summed E-state index contributed by atoms with van der Waals surface area (Å²) in [5.74, 6) is 0. The van der Waals surface area contributed by atoms with Gasteiger partial charge in [0, 0.05) is 0 Å². The average Bonchev–Trinajstić information content (AvgIpc) is 3.84. The van der Waals surface area contributed by atoms with Crippen LogP contribution in [0.25, 0.3) is 48.6 Å². The second kappa shape index (κ2) is 16.8. The monoisotopic (exact) mass is 935 g/mol. The molecule has 4 aliphatic rings. The van der Waals surface area contributed by atoms with Gasteiger partial charge in [0.25, 0.3) is 0 Å². The molecule has 9 aromatic rings. The molecule has 5 nitrogen and oxygen atoms in total. The lowest BCUT2D eigenvalue weighted by Crippen LogP contribution is -2.29. The molecule has 4 aliphatic heterocycles. The predicted molar refractivity (Wildman–Crippen MR) is 291 cm³/mol. The molecule has 0 saturated heterocycles. The molecule has 72 heavy (non-hydrogen) atoms. The summed E-state index contributed by atoms with van der Waals surface area (Å²) < 4.78 is 55.1. The van der Waals surface area contributed by atoms with Gasteiger partial charge in [0.05, 0.1) is 68.2 Å². The Hall–Kier alpha value is -9.58. The summed E-state index contributed by atoms with van der Waals surface area (Å²) in [6.07, 6.45) is 10.7. The third kappa shape index (κ3) is 6.70. The van der Waals surface area contributed by atoms with Gasteiger partial charge >= 0.3 is 6.18 Å².